The van der Waals surface area contributed by atoms with E-state index in [2.05, 4.69) is 10.3 Å². The fourth-order valence-electron chi connectivity index (χ4n) is 2.91. The number of nitrogens with one attached hydrogen (secondary N) is 1. The lowest BCUT2D eigenvalue weighted by Crippen LogP contribution is -2.27. The van der Waals surface area contributed by atoms with Gasteiger partial charge in [-0.2, -0.15) is 13.2 Å². The second-order valence-corrected chi connectivity index (χ2v) is 5.94. The van der Waals surface area contributed by atoms with Crippen LogP contribution in [0, 0.1) is 5.92 Å². The first kappa shape index (κ1) is 16.5. The van der Waals surface area contributed by atoms with Crippen molar-refractivity contribution in [3.8, 4) is 0 Å². The van der Waals surface area contributed by atoms with Crippen molar-refractivity contribution < 1.29 is 18.0 Å². The molecule has 1 aliphatic rings. The largest absolute Gasteiger partial charge is 0.416 e. The van der Waals surface area contributed by atoms with Crippen molar-refractivity contribution in [1.82, 2.24) is 10.3 Å². The summed E-state index contributed by atoms with van der Waals surface area (Å²) in [5, 5.41) is 2.80. The fraction of sp³-hybridized carbons (Fsp3) is 0.333. The molecule has 0 spiro atoms. The predicted octanol–water partition coefficient (Wildman–Crippen LogP) is 3.56. The molecule has 1 aromatic heterocycles. The van der Waals surface area contributed by atoms with E-state index >= 15 is 0 Å². The molecule has 1 amide bonds. The standard InChI is InChI=1S/C18H17F3N2O/c19-18(20,21)16-6-2-1-5-13(16)14-10-15(14)17(24)23-9-7-12-4-3-8-22-11-12/h1-6,8,11,14-15H,7,9-10H2,(H,23,24). The van der Waals surface area contributed by atoms with E-state index in [1.165, 1.54) is 12.1 Å². The van der Waals surface area contributed by atoms with Crippen LogP contribution in [0.3, 0.4) is 0 Å². The number of nitrogens with zero attached hydrogens (tertiary/aromatic N) is 1. The van der Waals surface area contributed by atoms with Crippen LogP contribution in [0.5, 0.6) is 0 Å². The number of halogens is 3. The Hall–Kier alpha value is -2.37. The summed E-state index contributed by atoms with van der Waals surface area (Å²) >= 11 is 0. The van der Waals surface area contributed by atoms with E-state index in [1.54, 1.807) is 18.5 Å². The summed E-state index contributed by atoms with van der Waals surface area (Å²) in [7, 11) is 0. The molecule has 1 aliphatic carbocycles. The van der Waals surface area contributed by atoms with Gasteiger partial charge in [0.2, 0.25) is 5.91 Å². The molecular formula is C18H17F3N2O. The highest BCUT2D eigenvalue weighted by Gasteiger charge is 2.47. The van der Waals surface area contributed by atoms with Crippen LogP contribution in [0.1, 0.15) is 29.0 Å². The maximum atomic E-state index is 13.0. The van der Waals surface area contributed by atoms with Crippen LogP contribution < -0.4 is 5.32 Å². The zero-order chi connectivity index (χ0) is 17.2. The maximum Gasteiger partial charge on any atom is 0.416 e. The van der Waals surface area contributed by atoms with Gasteiger partial charge in [0.1, 0.15) is 0 Å². The first-order chi connectivity index (χ1) is 11.5. The molecule has 1 heterocycles. The van der Waals surface area contributed by atoms with Crippen LogP contribution in [-0.4, -0.2) is 17.4 Å². The fourth-order valence-corrected chi connectivity index (χ4v) is 2.91. The molecule has 0 bridgehead atoms. The second-order valence-electron chi connectivity index (χ2n) is 5.94. The van der Waals surface area contributed by atoms with Gasteiger partial charge in [-0.05, 0) is 42.0 Å². The molecule has 0 saturated heterocycles. The van der Waals surface area contributed by atoms with Crippen LogP contribution in [0.2, 0.25) is 0 Å². The van der Waals surface area contributed by atoms with E-state index in [0.29, 0.717) is 19.4 Å². The van der Waals surface area contributed by atoms with Gasteiger partial charge in [-0.25, -0.2) is 0 Å². The summed E-state index contributed by atoms with van der Waals surface area (Å²) in [5.41, 5.74) is 0.589. The Morgan fingerprint density at radius 1 is 1.21 bits per heavy atom. The quantitative estimate of drug-likeness (QED) is 0.908. The monoisotopic (exact) mass is 334 g/mol. The Morgan fingerprint density at radius 2 is 2.00 bits per heavy atom. The van der Waals surface area contributed by atoms with Crippen LogP contribution in [0.25, 0.3) is 0 Å². The molecule has 126 valence electrons. The molecule has 1 aromatic carbocycles. The topological polar surface area (TPSA) is 42.0 Å². The number of hydrogen-bond acceptors (Lipinski definition) is 2. The Labute approximate surface area is 137 Å². The molecule has 2 unspecified atom stereocenters. The highest BCUT2D eigenvalue weighted by molar-refractivity contribution is 5.83. The van der Waals surface area contributed by atoms with E-state index in [1.807, 2.05) is 12.1 Å². The van der Waals surface area contributed by atoms with Gasteiger partial charge >= 0.3 is 6.18 Å². The second kappa shape index (κ2) is 6.63. The molecule has 0 radical (unpaired) electrons. The highest BCUT2D eigenvalue weighted by Crippen LogP contribution is 2.50. The van der Waals surface area contributed by atoms with Gasteiger partial charge in [0.25, 0.3) is 0 Å². The minimum Gasteiger partial charge on any atom is -0.356 e. The molecule has 1 N–H and O–H groups in total. The first-order valence-electron chi connectivity index (χ1n) is 7.79. The molecule has 0 aliphatic heterocycles. The molecule has 2 aromatic rings. The van der Waals surface area contributed by atoms with Crippen molar-refractivity contribution in [2.75, 3.05) is 6.54 Å². The molecule has 1 saturated carbocycles. The summed E-state index contributed by atoms with van der Waals surface area (Å²) in [6, 6.07) is 9.24. The lowest BCUT2D eigenvalue weighted by molar-refractivity contribution is -0.138. The van der Waals surface area contributed by atoms with Gasteiger partial charge in [-0.1, -0.05) is 24.3 Å². The summed E-state index contributed by atoms with van der Waals surface area (Å²) < 4.78 is 39.1. The number of aromatic nitrogens is 1. The van der Waals surface area contributed by atoms with Crippen molar-refractivity contribution in [3.05, 3.63) is 65.5 Å². The van der Waals surface area contributed by atoms with Crippen molar-refractivity contribution in [1.29, 1.82) is 0 Å². The summed E-state index contributed by atoms with van der Waals surface area (Å²) in [5.74, 6) is -0.899. The highest BCUT2D eigenvalue weighted by atomic mass is 19.4. The Kier molecular flexibility index (Phi) is 4.55. The summed E-state index contributed by atoms with van der Waals surface area (Å²) in [6.07, 6.45) is 0.128. The van der Waals surface area contributed by atoms with E-state index in [0.717, 1.165) is 11.6 Å². The van der Waals surface area contributed by atoms with Gasteiger partial charge in [0.15, 0.2) is 0 Å². The normalized spacial score (nSPS) is 19.8. The SMILES string of the molecule is O=C(NCCc1cccnc1)C1CC1c1ccccc1C(F)(F)F. The average Bonchev–Trinajstić information content (AvgIpc) is 3.36. The summed E-state index contributed by atoms with van der Waals surface area (Å²) in [4.78, 5) is 16.1. The van der Waals surface area contributed by atoms with Crippen LogP contribution in [0.15, 0.2) is 48.8 Å². The number of pyridine rings is 1. The third-order valence-electron chi connectivity index (χ3n) is 4.23. The molecule has 3 nitrogen and oxygen atoms in total. The van der Waals surface area contributed by atoms with Crippen molar-refractivity contribution in [3.63, 3.8) is 0 Å². The lowest BCUT2D eigenvalue weighted by Gasteiger charge is -2.12. The van der Waals surface area contributed by atoms with Crippen molar-refractivity contribution >= 4 is 5.91 Å². The van der Waals surface area contributed by atoms with Gasteiger partial charge < -0.3 is 5.32 Å². The molecular weight excluding hydrogens is 317 g/mol. The van der Waals surface area contributed by atoms with Gasteiger partial charge in [0.05, 0.1) is 5.56 Å². The van der Waals surface area contributed by atoms with E-state index in [-0.39, 0.29) is 23.3 Å². The summed E-state index contributed by atoms with van der Waals surface area (Å²) in [6.45, 7) is 0.453. The predicted molar refractivity (Wildman–Crippen MR) is 83.2 cm³/mol. The Bertz CT molecular complexity index is 716. The lowest BCUT2D eigenvalue weighted by atomic mass is 10.0. The van der Waals surface area contributed by atoms with E-state index < -0.39 is 11.7 Å². The van der Waals surface area contributed by atoms with Gasteiger partial charge in [-0.15, -0.1) is 0 Å². The van der Waals surface area contributed by atoms with E-state index in [4.69, 9.17) is 0 Å². The Balaban J connectivity index is 1.57. The van der Waals surface area contributed by atoms with Gasteiger partial charge in [-0.3, -0.25) is 9.78 Å². The minimum absolute atomic E-state index is 0.180. The van der Waals surface area contributed by atoms with E-state index in [9.17, 15) is 18.0 Å². The van der Waals surface area contributed by atoms with Crippen LogP contribution in [-0.2, 0) is 17.4 Å². The van der Waals surface area contributed by atoms with Crippen molar-refractivity contribution in [2.24, 2.45) is 5.92 Å². The molecule has 6 heteroatoms. The number of benzene rings is 1. The van der Waals surface area contributed by atoms with Crippen LogP contribution in [0.4, 0.5) is 13.2 Å². The number of hydrogen-bond donors (Lipinski definition) is 1. The first-order valence-corrected chi connectivity index (χ1v) is 7.79. The molecule has 24 heavy (non-hydrogen) atoms. The third kappa shape index (κ3) is 3.75. The number of carbonyl (C=O) groups is 1. The van der Waals surface area contributed by atoms with Crippen LogP contribution >= 0.6 is 0 Å². The number of amides is 1. The van der Waals surface area contributed by atoms with Gasteiger partial charge in [0, 0.05) is 24.9 Å². The zero-order valence-corrected chi connectivity index (χ0v) is 12.9. The third-order valence-corrected chi connectivity index (χ3v) is 4.23. The smallest absolute Gasteiger partial charge is 0.356 e. The van der Waals surface area contributed by atoms with Crippen molar-refractivity contribution in [2.45, 2.75) is 24.9 Å². The average molecular weight is 334 g/mol. The Morgan fingerprint density at radius 3 is 2.71 bits per heavy atom. The zero-order valence-electron chi connectivity index (χ0n) is 12.9. The number of alkyl halides is 3. The number of carbonyl (C=O) groups excluding carboxylic acids is 1. The molecule has 2 atom stereocenters. The maximum absolute atomic E-state index is 13.0. The molecule has 1 fully saturated rings. The molecule has 3 rings (SSSR count). The minimum atomic E-state index is -4.39. The number of rotatable bonds is 5.